The predicted molar refractivity (Wildman–Crippen MR) is 70.3 cm³/mol. The van der Waals surface area contributed by atoms with Gasteiger partial charge in [-0.3, -0.25) is 0 Å². The van der Waals surface area contributed by atoms with E-state index in [1.54, 1.807) is 0 Å². The monoisotopic (exact) mass is 218 g/mol. The van der Waals surface area contributed by atoms with Crippen LogP contribution in [0.15, 0.2) is 12.1 Å². The Balaban J connectivity index is 2.29. The Kier molecular flexibility index (Phi) is 3.20. The molecular formula is C14H22N2. The van der Waals surface area contributed by atoms with E-state index in [0.717, 1.165) is 13.1 Å². The summed E-state index contributed by atoms with van der Waals surface area (Å²) in [6.45, 7) is 8.90. The molecule has 88 valence electrons. The number of benzene rings is 1. The molecule has 0 aliphatic carbocycles. The zero-order valence-electron chi connectivity index (χ0n) is 10.8. The molecular weight excluding hydrogens is 196 g/mol. The van der Waals surface area contributed by atoms with Gasteiger partial charge in [-0.1, -0.05) is 6.07 Å². The van der Waals surface area contributed by atoms with Gasteiger partial charge in [0.25, 0.3) is 0 Å². The molecule has 1 aromatic carbocycles. The van der Waals surface area contributed by atoms with Crippen LogP contribution in [0.25, 0.3) is 0 Å². The van der Waals surface area contributed by atoms with Crippen molar-refractivity contribution in [1.29, 1.82) is 0 Å². The fourth-order valence-corrected chi connectivity index (χ4v) is 2.49. The quantitative estimate of drug-likeness (QED) is 0.820. The van der Waals surface area contributed by atoms with Crippen LogP contribution < -0.4 is 10.2 Å². The lowest BCUT2D eigenvalue weighted by atomic mass is 10.0. The molecule has 1 atom stereocenters. The number of hydrogen-bond acceptors (Lipinski definition) is 2. The van der Waals surface area contributed by atoms with E-state index in [2.05, 4.69) is 50.2 Å². The van der Waals surface area contributed by atoms with Crippen molar-refractivity contribution >= 4 is 5.69 Å². The molecule has 16 heavy (non-hydrogen) atoms. The fourth-order valence-electron chi connectivity index (χ4n) is 2.49. The van der Waals surface area contributed by atoms with Gasteiger partial charge in [-0.05, 0) is 56.5 Å². The summed E-state index contributed by atoms with van der Waals surface area (Å²) in [4.78, 5) is 2.43. The molecule has 2 nitrogen and oxygen atoms in total. The van der Waals surface area contributed by atoms with Gasteiger partial charge in [-0.2, -0.15) is 0 Å². The van der Waals surface area contributed by atoms with Gasteiger partial charge in [0.05, 0.1) is 0 Å². The standard InChI is InChI=1S/C14H22N2/c1-10-5-6-14(12(3)11(10)2)16(4)13-7-8-15-9-13/h5-6,13,15H,7-9H2,1-4H3. The van der Waals surface area contributed by atoms with Gasteiger partial charge in [0, 0.05) is 25.3 Å². The first-order valence-electron chi connectivity index (χ1n) is 6.11. The summed E-state index contributed by atoms with van der Waals surface area (Å²) in [5, 5.41) is 3.43. The van der Waals surface area contributed by atoms with E-state index in [1.807, 2.05) is 0 Å². The fraction of sp³-hybridized carbons (Fsp3) is 0.571. The van der Waals surface area contributed by atoms with Gasteiger partial charge in [-0.25, -0.2) is 0 Å². The van der Waals surface area contributed by atoms with Crippen LogP contribution in [0.4, 0.5) is 5.69 Å². The van der Waals surface area contributed by atoms with Crippen LogP contribution in [0.5, 0.6) is 0 Å². The van der Waals surface area contributed by atoms with E-state index >= 15 is 0 Å². The Morgan fingerprint density at radius 2 is 1.94 bits per heavy atom. The molecule has 1 unspecified atom stereocenters. The molecule has 0 bridgehead atoms. The van der Waals surface area contributed by atoms with Gasteiger partial charge in [0.15, 0.2) is 0 Å². The van der Waals surface area contributed by atoms with Crippen molar-refractivity contribution in [2.75, 3.05) is 25.0 Å². The van der Waals surface area contributed by atoms with E-state index in [0.29, 0.717) is 6.04 Å². The smallest absolute Gasteiger partial charge is 0.0423 e. The second kappa shape index (κ2) is 4.46. The highest BCUT2D eigenvalue weighted by Gasteiger charge is 2.20. The molecule has 1 aromatic rings. The normalized spacial score (nSPS) is 20.1. The van der Waals surface area contributed by atoms with E-state index in [4.69, 9.17) is 0 Å². The lowest BCUT2D eigenvalue weighted by molar-refractivity contribution is 0.683. The van der Waals surface area contributed by atoms with Gasteiger partial charge in [0.1, 0.15) is 0 Å². The average molecular weight is 218 g/mol. The maximum Gasteiger partial charge on any atom is 0.0423 e. The lowest BCUT2D eigenvalue weighted by Gasteiger charge is -2.28. The Hall–Kier alpha value is -1.02. The Morgan fingerprint density at radius 3 is 2.56 bits per heavy atom. The molecule has 0 saturated carbocycles. The van der Waals surface area contributed by atoms with Crippen LogP contribution in [0.1, 0.15) is 23.1 Å². The highest BCUT2D eigenvalue weighted by Crippen LogP contribution is 2.26. The zero-order chi connectivity index (χ0) is 11.7. The van der Waals surface area contributed by atoms with E-state index < -0.39 is 0 Å². The Morgan fingerprint density at radius 1 is 1.19 bits per heavy atom. The number of aryl methyl sites for hydroxylation is 1. The second-order valence-corrected chi connectivity index (χ2v) is 4.91. The summed E-state index contributed by atoms with van der Waals surface area (Å²) >= 11 is 0. The summed E-state index contributed by atoms with van der Waals surface area (Å²) in [5.41, 5.74) is 5.63. The van der Waals surface area contributed by atoms with Crippen molar-refractivity contribution < 1.29 is 0 Å². The zero-order valence-corrected chi connectivity index (χ0v) is 10.8. The van der Waals surface area contributed by atoms with Crippen LogP contribution in [-0.4, -0.2) is 26.2 Å². The highest BCUT2D eigenvalue weighted by atomic mass is 15.2. The summed E-state index contributed by atoms with van der Waals surface area (Å²) in [5.74, 6) is 0. The van der Waals surface area contributed by atoms with Crippen molar-refractivity contribution in [3.05, 3.63) is 28.8 Å². The maximum absolute atomic E-state index is 3.43. The lowest BCUT2D eigenvalue weighted by Crippen LogP contribution is -2.33. The van der Waals surface area contributed by atoms with Crippen molar-refractivity contribution in [3.8, 4) is 0 Å². The third-order valence-corrected chi connectivity index (χ3v) is 3.99. The SMILES string of the molecule is Cc1ccc(N(C)C2CCNC2)c(C)c1C. The predicted octanol–water partition coefficient (Wildman–Crippen LogP) is 2.41. The number of hydrogen-bond donors (Lipinski definition) is 1. The topological polar surface area (TPSA) is 15.3 Å². The molecule has 0 amide bonds. The first-order valence-corrected chi connectivity index (χ1v) is 6.11. The molecule has 0 aromatic heterocycles. The van der Waals surface area contributed by atoms with Crippen LogP contribution in [-0.2, 0) is 0 Å². The molecule has 2 heteroatoms. The van der Waals surface area contributed by atoms with Crippen molar-refractivity contribution in [1.82, 2.24) is 5.32 Å². The van der Waals surface area contributed by atoms with E-state index in [1.165, 1.54) is 28.8 Å². The van der Waals surface area contributed by atoms with Crippen LogP contribution in [0.3, 0.4) is 0 Å². The number of nitrogens with zero attached hydrogens (tertiary/aromatic N) is 1. The van der Waals surface area contributed by atoms with E-state index in [9.17, 15) is 0 Å². The van der Waals surface area contributed by atoms with Crippen molar-refractivity contribution in [2.45, 2.75) is 33.2 Å². The largest absolute Gasteiger partial charge is 0.370 e. The highest BCUT2D eigenvalue weighted by molar-refractivity contribution is 5.58. The first kappa shape index (κ1) is 11.5. The van der Waals surface area contributed by atoms with Crippen LogP contribution >= 0.6 is 0 Å². The number of rotatable bonds is 2. The molecule has 1 fully saturated rings. The third-order valence-electron chi connectivity index (χ3n) is 3.99. The summed E-state index contributed by atoms with van der Waals surface area (Å²) in [6, 6.07) is 5.15. The summed E-state index contributed by atoms with van der Waals surface area (Å²) < 4.78 is 0. The van der Waals surface area contributed by atoms with Crippen molar-refractivity contribution in [3.63, 3.8) is 0 Å². The molecule has 1 aliphatic rings. The molecule has 1 saturated heterocycles. The molecule has 2 rings (SSSR count). The number of nitrogens with one attached hydrogen (secondary N) is 1. The van der Waals surface area contributed by atoms with Crippen LogP contribution in [0, 0.1) is 20.8 Å². The molecule has 0 radical (unpaired) electrons. The number of anilines is 1. The van der Waals surface area contributed by atoms with Crippen LogP contribution in [0.2, 0.25) is 0 Å². The minimum absolute atomic E-state index is 0.654. The molecule has 1 heterocycles. The first-order chi connectivity index (χ1) is 7.61. The van der Waals surface area contributed by atoms with E-state index in [-0.39, 0.29) is 0 Å². The Labute approximate surface area is 98.7 Å². The summed E-state index contributed by atoms with van der Waals surface area (Å²) in [7, 11) is 2.22. The third kappa shape index (κ3) is 1.94. The molecule has 1 N–H and O–H groups in total. The second-order valence-electron chi connectivity index (χ2n) is 4.91. The maximum atomic E-state index is 3.43. The van der Waals surface area contributed by atoms with Crippen molar-refractivity contribution in [2.24, 2.45) is 0 Å². The summed E-state index contributed by atoms with van der Waals surface area (Å²) in [6.07, 6.45) is 1.25. The van der Waals surface area contributed by atoms with Gasteiger partial charge in [0.2, 0.25) is 0 Å². The minimum atomic E-state index is 0.654. The van der Waals surface area contributed by atoms with Gasteiger partial charge >= 0.3 is 0 Å². The molecule has 1 aliphatic heterocycles. The average Bonchev–Trinajstić information content (AvgIpc) is 2.79. The molecule has 0 spiro atoms. The van der Waals surface area contributed by atoms with Gasteiger partial charge in [-0.15, -0.1) is 0 Å². The minimum Gasteiger partial charge on any atom is -0.370 e. The Bertz CT molecular complexity index is 379. The van der Waals surface area contributed by atoms with Gasteiger partial charge < -0.3 is 10.2 Å². The number of likely N-dealkylation sites (N-methyl/N-ethyl adjacent to an activating group) is 1.